The lowest BCUT2D eigenvalue weighted by molar-refractivity contribution is 0.347. The van der Waals surface area contributed by atoms with E-state index in [1.54, 1.807) is 12.4 Å². The SMILES string of the molecule is Cc1cccnc1-c1ccc2c(Nc3ccc(C4(C=N)CCC4)cc3)nc(C3CCC3)nc2n1. The average molecular weight is 449 g/mol. The van der Waals surface area contributed by atoms with Crippen molar-refractivity contribution in [2.45, 2.75) is 56.8 Å². The average Bonchev–Trinajstić information content (AvgIpc) is 2.79. The third-order valence-electron chi connectivity index (χ3n) is 7.54. The van der Waals surface area contributed by atoms with Crippen LogP contribution in [0.25, 0.3) is 22.4 Å². The monoisotopic (exact) mass is 448 g/mol. The van der Waals surface area contributed by atoms with E-state index in [0.717, 1.165) is 65.4 Å². The zero-order valence-corrected chi connectivity index (χ0v) is 19.4. The Morgan fingerprint density at radius 2 is 1.79 bits per heavy atom. The first-order valence-corrected chi connectivity index (χ1v) is 12.2. The molecule has 0 unspecified atom stereocenters. The summed E-state index contributed by atoms with van der Waals surface area (Å²) in [7, 11) is 0. The number of fused-ring (bicyclic) bond motifs is 1. The molecular formula is C28H28N6. The number of benzene rings is 1. The van der Waals surface area contributed by atoms with Gasteiger partial charge < -0.3 is 10.7 Å². The number of rotatable bonds is 6. The topological polar surface area (TPSA) is 87.4 Å². The van der Waals surface area contributed by atoms with Crippen LogP contribution in [0.1, 0.15) is 61.4 Å². The second-order valence-electron chi connectivity index (χ2n) is 9.65. The van der Waals surface area contributed by atoms with Crippen LogP contribution in [0.5, 0.6) is 0 Å². The normalized spacial score (nSPS) is 17.1. The van der Waals surface area contributed by atoms with E-state index in [-0.39, 0.29) is 5.41 Å². The number of nitrogens with one attached hydrogen (secondary N) is 2. The van der Waals surface area contributed by atoms with Crippen molar-refractivity contribution >= 4 is 28.8 Å². The fraction of sp³-hybridized carbons (Fsp3) is 0.321. The molecule has 3 heterocycles. The summed E-state index contributed by atoms with van der Waals surface area (Å²) in [4.78, 5) is 19.3. The van der Waals surface area contributed by atoms with Crippen LogP contribution in [0.15, 0.2) is 54.7 Å². The molecule has 34 heavy (non-hydrogen) atoms. The van der Waals surface area contributed by atoms with Crippen LogP contribution >= 0.6 is 0 Å². The summed E-state index contributed by atoms with van der Waals surface area (Å²) < 4.78 is 0. The summed E-state index contributed by atoms with van der Waals surface area (Å²) in [6.45, 7) is 2.05. The highest BCUT2D eigenvalue weighted by Crippen LogP contribution is 2.42. The van der Waals surface area contributed by atoms with Crippen molar-refractivity contribution < 1.29 is 0 Å². The number of aryl methyl sites for hydroxylation is 1. The van der Waals surface area contributed by atoms with Crippen LogP contribution in [0.3, 0.4) is 0 Å². The summed E-state index contributed by atoms with van der Waals surface area (Å²) in [6, 6.07) is 16.5. The quantitative estimate of drug-likeness (QED) is 0.330. The van der Waals surface area contributed by atoms with Crippen molar-refractivity contribution in [2.24, 2.45) is 0 Å². The largest absolute Gasteiger partial charge is 0.340 e. The Hall–Kier alpha value is -3.67. The molecule has 0 aliphatic heterocycles. The van der Waals surface area contributed by atoms with Gasteiger partial charge in [0.05, 0.1) is 16.8 Å². The lowest BCUT2D eigenvalue weighted by Crippen LogP contribution is -2.35. The molecule has 6 heteroatoms. The Morgan fingerprint density at radius 3 is 2.44 bits per heavy atom. The van der Waals surface area contributed by atoms with Gasteiger partial charge in [-0.3, -0.25) is 4.98 Å². The number of aromatic nitrogens is 4. The van der Waals surface area contributed by atoms with Gasteiger partial charge in [0.1, 0.15) is 11.6 Å². The number of hydrogen-bond donors (Lipinski definition) is 2. The van der Waals surface area contributed by atoms with E-state index in [0.29, 0.717) is 11.6 Å². The minimum Gasteiger partial charge on any atom is -0.340 e. The predicted octanol–water partition coefficient (Wildman–Crippen LogP) is 6.48. The van der Waals surface area contributed by atoms with Gasteiger partial charge in [0.15, 0.2) is 5.65 Å². The lowest BCUT2D eigenvalue weighted by atomic mass is 9.65. The molecular weight excluding hydrogens is 420 g/mol. The predicted molar refractivity (Wildman–Crippen MR) is 136 cm³/mol. The van der Waals surface area contributed by atoms with Gasteiger partial charge >= 0.3 is 0 Å². The van der Waals surface area contributed by atoms with Crippen LogP contribution in [0.2, 0.25) is 0 Å². The molecule has 0 radical (unpaired) electrons. The Bertz CT molecular complexity index is 1370. The molecule has 4 aromatic rings. The van der Waals surface area contributed by atoms with E-state index in [4.69, 9.17) is 20.4 Å². The van der Waals surface area contributed by atoms with Crippen molar-refractivity contribution in [1.29, 1.82) is 5.41 Å². The number of anilines is 2. The molecule has 0 saturated heterocycles. The van der Waals surface area contributed by atoms with Gasteiger partial charge in [-0.1, -0.05) is 31.0 Å². The summed E-state index contributed by atoms with van der Waals surface area (Å²) >= 11 is 0. The van der Waals surface area contributed by atoms with Gasteiger partial charge in [-0.2, -0.15) is 0 Å². The first-order valence-electron chi connectivity index (χ1n) is 12.2. The van der Waals surface area contributed by atoms with Crippen molar-refractivity contribution in [1.82, 2.24) is 19.9 Å². The molecule has 170 valence electrons. The smallest absolute Gasteiger partial charge is 0.165 e. The molecule has 0 spiro atoms. The van der Waals surface area contributed by atoms with Gasteiger partial charge in [0.25, 0.3) is 0 Å². The minimum atomic E-state index is -0.0680. The number of hydrogen-bond acceptors (Lipinski definition) is 6. The van der Waals surface area contributed by atoms with Gasteiger partial charge in [-0.05, 0) is 74.1 Å². The summed E-state index contributed by atoms with van der Waals surface area (Å²) in [6.07, 6.45) is 10.2. The number of pyridine rings is 2. The fourth-order valence-electron chi connectivity index (χ4n) is 4.95. The molecule has 2 aliphatic carbocycles. The second-order valence-corrected chi connectivity index (χ2v) is 9.65. The standard InChI is InChI=1S/C28H28N6/c1-18-5-3-16-30-24(18)23-13-12-22-26(33-25(19-6-2-7-19)34-27(22)32-23)31-21-10-8-20(9-11-21)28(17-29)14-4-15-28/h3,5,8-13,16-17,19,29H,2,4,6-7,14-15H2,1H3,(H,31,32,33,34). The van der Waals surface area contributed by atoms with Crippen LogP contribution in [-0.4, -0.2) is 26.2 Å². The highest BCUT2D eigenvalue weighted by atomic mass is 15.1. The summed E-state index contributed by atoms with van der Waals surface area (Å²) in [5.74, 6) is 2.07. The van der Waals surface area contributed by atoms with Crippen molar-refractivity contribution in [3.05, 3.63) is 71.7 Å². The highest BCUT2D eigenvalue weighted by Gasteiger charge is 2.36. The molecule has 6 nitrogen and oxygen atoms in total. The first kappa shape index (κ1) is 20.9. The van der Waals surface area contributed by atoms with Crippen LogP contribution in [0.4, 0.5) is 11.5 Å². The molecule has 0 amide bonds. The molecule has 0 bridgehead atoms. The summed E-state index contributed by atoms with van der Waals surface area (Å²) in [5.41, 5.74) is 5.64. The lowest BCUT2D eigenvalue weighted by Gasteiger charge is -2.38. The zero-order chi connectivity index (χ0) is 23.1. The molecule has 0 atom stereocenters. The maximum absolute atomic E-state index is 7.88. The van der Waals surface area contributed by atoms with E-state index in [1.165, 1.54) is 18.4 Å². The van der Waals surface area contributed by atoms with Crippen LogP contribution in [0, 0.1) is 12.3 Å². The van der Waals surface area contributed by atoms with Crippen molar-refractivity contribution in [2.75, 3.05) is 5.32 Å². The summed E-state index contributed by atoms with van der Waals surface area (Å²) in [5, 5.41) is 12.3. The molecule has 2 fully saturated rings. The van der Waals surface area contributed by atoms with Crippen LogP contribution in [-0.2, 0) is 5.41 Å². The van der Waals surface area contributed by atoms with Gasteiger partial charge in [0, 0.05) is 29.4 Å². The maximum Gasteiger partial charge on any atom is 0.165 e. The Labute approximate surface area is 199 Å². The van der Waals surface area contributed by atoms with Crippen molar-refractivity contribution in [3.63, 3.8) is 0 Å². The van der Waals surface area contributed by atoms with Gasteiger partial charge in [0.2, 0.25) is 0 Å². The van der Waals surface area contributed by atoms with Gasteiger partial charge in [-0.15, -0.1) is 0 Å². The Balaban J connectivity index is 1.38. The van der Waals surface area contributed by atoms with E-state index in [2.05, 4.69) is 47.6 Å². The van der Waals surface area contributed by atoms with E-state index < -0.39 is 0 Å². The molecule has 2 N–H and O–H groups in total. The van der Waals surface area contributed by atoms with E-state index in [1.807, 2.05) is 18.2 Å². The third kappa shape index (κ3) is 3.54. The zero-order valence-electron chi connectivity index (χ0n) is 19.4. The molecule has 2 saturated carbocycles. The first-order chi connectivity index (χ1) is 16.6. The molecule has 2 aliphatic rings. The Kier molecular flexibility index (Phi) is 5.09. The van der Waals surface area contributed by atoms with Crippen LogP contribution < -0.4 is 5.32 Å². The third-order valence-corrected chi connectivity index (χ3v) is 7.54. The fourth-order valence-corrected chi connectivity index (χ4v) is 4.95. The van der Waals surface area contributed by atoms with Gasteiger partial charge in [-0.25, -0.2) is 15.0 Å². The van der Waals surface area contributed by atoms with Crippen molar-refractivity contribution in [3.8, 4) is 11.4 Å². The minimum absolute atomic E-state index is 0.0680. The number of nitrogens with zero attached hydrogens (tertiary/aromatic N) is 4. The molecule has 1 aromatic carbocycles. The molecule has 3 aromatic heterocycles. The second kappa shape index (κ2) is 8.28. The molecule has 6 rings (SSSR count). The Morgan fingerprint density at radius 1 is 0.971 bits per heavy atom. The van der Waals surface area contributed by atoms with E-state index >= 15 is 0 Å². The highest BCUT2D eigenvalue weighted by molar-refractivity contribution is 5.90. The maximum atomic E-state index is 7.88. The van der Waals surface area contributed by atoms with E-state index in [9.17, 15) is 0 Å².